The van der Waals surface area contributed by atoms with Gasteiger partial charge in [-0.2, -0.15) is 5.10 Å². The molecule has 0 spiro atoms. The summed E-state index contributed by atoms with van der Waals surface area (Å²) in [5, 5.41) is 7.28. The van der Waals surface area contributed by atoms with Gasteiger partial charge >= 0.3 is 0 Å². The van der Waals surface area contributed by atoms with Crippen molar-refractivity contribution in [2.75, 3.05) is 0 Å². The Morgan fingerprint density at radius 3 is 2.35 bits per heavy atom. The van der Waals surface area contributed by atoms with Crippen LogP contribution in [0.3, 0.4) is 0 Å². The van der Waals surface area contributed by atoms with Gasteiger partial charge in [-0.25, -0.2) is 9.67 Å². The van der Waals surface area contributed by atoms with Crippen LogP contribution in [0.15, 0.2) is 67.3 Å². The van der Waals surface area contributed by atoms with Gasteiger partial charge in [-0.05, 0) is 61.4 Å². The molecule has 1 aliphatic rings. The van der Waals surface area contributed by atoms with Crippen LogP contribution in [0.4, 0.5) is 0 Å². The molecule has 1 fully saturated rings. The lowest BCUT2D eigenvalue weighted by Crippen LogP contribution is -2.37. The van der Waals surface area contributed by atoms with E-state index in [1.165, 1.54) is 11.9 Å². The van der Waals surface area contributed by atoms with E-state index < -0.39 is 0 Å². The number of nitrogens with one attached hydrogen (secondary N) is 1. The van der Waals surface area contributed by atoms with Crippen molar-refractivity contribution in [3.05, 3.63) is 78.4 Å². The predicted molar refractivity (Wildman–Crippen MR) is 100 cm³/mol. The third-order valence-corrected chi connectivity index (χ3v) is 5.15. The van der Waals surface area contributed by atoms with E-state index >= 15 is 0 Å². The van der Waals surface area contributed by atoms with Crippen molar-refractivity contribution >= 4 is 5.91 Å². The Balaban J connectivity index is 1.33. The van der Waals surface area contributed by atoms with Crippen LogP contribution in [-0.4, -0.2) is 26.7 Å². The number of amides is 1. The molecule has 0 atom stereocenters. The molecule has 0 unspecified atom stereocenters. The molecule has 4 rings (SSSR count). The second-order valence-corrected chi connectivity index (χ2v) is 6.82. The van der Waals surface area contributed by atoms with Crippen molar-refractivity contribution in [3.8, 4) is 5.69 Å². The van der Waals surface area contributed by atoms with Crippen LogP contribution < -0.4 is 5.32 Å². The van der Waals surface area contributed by atoms with Gasteiger partial charge in [0.15, 0.2) is 0 Å². The molecule has 132 valence electrons. The van der Waals surface area contributed by atoms with Crippen molar-refractivity contribution in [1.82, 2.24) is 20.1 Å². The van der Waals surface area contributed by atoms with Gasteiger partial charge in [-0.1, -0.05) is 30.3 Å². The average Bonchev–Trinajstić information content (AvgIpc) is 3.24. The Bertz CT molecular complexity index is 835. The maximum Gasteiger partial charge on any atom is 0.251 e. The van der Waals surface area contributed by atoms with E-state index in [1.54, 1.807) is 11.0 Å². The molecule has 1 aromatic heterocycles. The third kappa shape index (κ3) is 3.67. The lowest BCUT2D eigenvalue weighted by Gasteiger charge is -2.29. The molecule has 1 aliphatic carbocycles. The Morgan fingerprint density at radius 1 is 0.962 bits per heavy atom. The third-order valence-electron chi connectivity index (χ3n) is 5.15. The van der Waals surface area contributed by atoms with Gasteiger partial charge in [0, 0.05) is 11.6 Å². The van der Waals surface area contributed by atoms with Gasteiger partial charge in [-0.3, -0.25) is 4.79 Å². The Morgan fingerprint density at radius 2 is 1.69 bits per heavy atom. The number of hydrogen-bond acceptors (Lipinski definition) is 3. The first-order valence-corrected chi connectivity index (χ1v) is 9.10. The van der Waals surface area contributed by atoms with Crippen molar-refractivity contribution < 1.29 is 4.79 Å². The topological polar surface area (TPSA) is 59.8 Å². The molecule has 1 N–H and O–H groups in total. The molecule has 0 radical (unpaired) electrons. The van der Waals surface area contributed by atoms with Crippen LogP contribution in [-0.2, 0) is 0 Å². The molecule has 1 heterocycles. The Hall–Kier alpha value is -2.95. The fourth-order valence-electron chi connectivity index (χ4n) is 3.67. The number of nitrogens with zero attached hydrogens (tertiary/aromatic N) is 3. The van der Waals surface area contributed by atoms with E-state index in [0.29, 0.717) is 11.5 Å². The fourth-order valence-corrected chi connectivity index (χ4v) is 3.67. The maximum atomic E-state index is 12.5. The first-order chi connectivity index (χ1) is 12.8. The SMILES string of the molecule is O=C(NC1CCC(c2ccccc2)CC1)c1ccc(-n2cncn2)cc1. The number of rotatable bonds is 4. The number of aromatic nitrogens is 3. The highest BCUT2D eigenvalue weighted by molar-refractivity contribution is 5.94. The van der Waals surface area contributed by atoms with E-state index in [4.69, 9.17) is 0 Å². The molecule has 0 saturated heterocycles. The fraction of sp³-hybridized carbons (Fsp3) is 0.286. The van der Waals surface area contributed by atoms with E-state index in [0.717, 1.165) is 31.4 Å². The van der Waals surface area contributed by atoms with Crippen LogP contribution in [0.5, 0.6) is 0 Å². The van der Waals surface area contributed by atoms with Gasteiger partial charge in [0.25, 0.3) is 5.91 Å². The summed E-state index contributed by atoms with van der Waals surface area (Å²) in [5.41, 5.74) is 2.99. The van der Waals surface area contributed by atoms with Gasteiger partial charge in [0.05, 0.1) is 5.69 Å². The molecular formula is C21H22N4O. The Kier molecular flexibility index (Phi) is 4.78. The lowest BCUT2D eigenvalue weighted by molar-refractivity contribution is 0.0926. The molecule has 5 heteroatoms. The van der Waals surface area contributed by atoms with Crippen molar-refractivity contribution in [2.45, 2.75) is 37.6 Å². The number of carbonyl (C=O) groups is 1. The summed E-state index contributed by atoms with van der Waals surface area (Å²) < 4.78 is 1.67. The summed E-state index contributed by atoms with van der Waals surface area (Å²) in [4.78, 5) is 16.5. The minimum absolute atomic E-state index is 0.00157. The van der Waals surface area contributed by atoms with Crippen LogP contribution in [0, 0.1) is 0 Å². The zero-order valence-corrected chi connectivity index (χ0v) is 14.6. The van der Waals surface area contributed by atoms with Gasteiger partial charge in [0.1, 0.15) is 12.7 Å². The van der Waals surface area contributed by atoms with Crippen molar-refractivity contribution in [2.24, 2.45) is 0 Å². The number of hydrogen-bond donors (Lipinski definition) is 1. The quantitative estimate of drug-likeness (QED) is 0.783. The maximum absolute atomic E-state index is 12.5. The van der Waals surface area contributed by atoms with Crippen molar-refractivity contribution in [3.63, 3.8) is 0 Å². The highest BCUT2D eigenvalue weighted by Gasteiger charge is 2.23. The Labute approximate surface area is 153 Å². The van der Waals surface area contributed by atoms with Crippen LogP contribution in [0.2, 0.25) is 0 Å². The predicted octanol–water partition coefficient (Wildman–Crippen LogP) is 3.72. The lowest BCUT2D eigenvalue weighted by atomic mass is 9.82. The smallest absolute Gasteiger partial charge is 0.251 e. The van der Waals surface area contributed by atoms with E-state index in [1.807, 2.05) is 24.3 Å². The minimum atomic E-state index is -0.00157. The minimum Gasteiger partial charge on any atom is -0.349 e. The number of carbonyl (C=O) groups excluding carboxylic acids is 1. The average molecular weight is 346 g/mol. The summed E-state index contributed by atoms with van der Waals surface area (Å²) in [6.45, 7) is 0. The number of benzene rings is 2. The van der Waals surface area contributed by atoms with E-state index in [-0.39, 0.29) is 11.9 Å². The largest absolute Gasteiger partial charge is 0.349 e. The molecule has 1 amide bonds. The van der Waals surface area contributed by atoms with Gasteiger partial charge < -0.3 is 5.32 Å². The molecule has 1 saturated carbocycles. The summed E-state index contributed by atoms with van der Waals surface area (Å²) in [7, 11) is 0. The van der Waals surface area contributed by atoms with Crippen LogP contribution in [0.1, 0.15) is 47.5 Å². The summed E-state index contributed by atoms with van der Waals surface area (Å²) in [5.74, 6) is 0.615. The first kappa shape index (κ1) is 16.5. The highest BCUT2D eigenvalue weighted by Crippen LogP contribution is 2.32. The van der Waals surface area contributed by atoms with Crippen molar-refractivity contribution in [1.29, 1.82) is 0 Å². The van der Waals surface area contributed by atoms with Crippen LogP contribution in [0.25, 0.3) is 5.69 Å². The zero-order chi connectivity index (χ0) is 17.8. The highest BCUT2D eigenvalue weighted by atomic mass is 16.1. The molecule has 2 aromatic carbocycles. The van der Waals surface area contributed by atoms with E-state index in [2.05, 4.69) is 45.7 Å². The summed E-state index contributed by atoms with van der Waals surface area (Å²) >= 11 is 0. The summed E-state index contributed by atoms with van der Waals surface area (Å²) in [6.07, 6.45) is 7.44. The standard InChI is InChI=1S/C21H22N4O/c26-21(18-8-12-20(13-9-18)25-15-22-14-23-25)24-19-10-6-17(7-11-19)16-4-2-1-3-5-16/h1-5,8-9,12-15,17,19H,6-7,10-11H2,(H,24,26). The molecule has 3 aromatic rings. The molecule has 5 nitrogen and oxygen atoms in total. The van der Waals surface area contributed by atoms with Gasteiger partial charge in [0.2, 0.25) is 0 Å². The normalized spacial score (nSPS) is 19.8. The molecule has 0 aliphatic heterocycles. The monoisotopic (exact) mass is 346 g/mol. The second kappa shape index (κ2) is 7.52. The van der Waals surface area contributed by atoms with E-state index in [9.17, 15) is 4.79 Å². The first-order valence-electron chi connectivity index (χ1n) is 9.10. The molecule has 0 bridgehead atoms. The molecule has 26 heavy (non-hydrogen) atoms. The molecular weight excluding hydrogens is 324 g/mol. The van der Waals surface area contributed by atoms with Gasteiger partial charge in [-0.15, -0.1) is 0 Å². The van der Waals surface area contributed by atoms with Crippen LogP contribution >= 0.6 is 0 Å². The zero-order valence-electron chi connectivity index (χ0n) is 14.6. The summed E-state index contributed by atoms with van der Waals surface area (Å²) in [6, 6.07) is 18.4. The second-order valence-electron chi connectivity index (χ2n) is 6.82.